The molecule has 2 rings (SSSR count). The Labute approximate surface area is 119 Å². The quantitative estimate of drug-likeness (QED) is 0.824. The molecule has 1 aliphatic rings. The first-order valence-electron chi connectivity index (χ1n) is 7.21. The van der Waals surface area contributed by atoms with Crippen LogP contribution in [-0.4, -0.2) is 52.1 Å². The minimum absolute atomic E-state index is 0.0165. The fourth-order valence-corrected chi connectivity index (χ4v) is 2.57. The molecule has 0 aromatic carbocycles. The molecule has 1 aliphatic heterocycles. The van der Waals surface area contributed by atoms with Crippen LogP contribution in [0.5, 0.6) is 0 Å². The first-order chi connectivity index (χ1) is 9.70. The van der Waals surface area contributed by atoms with Gasteiger partial charge in [-0.1, -0.05) is 13.3 Å². The third-order valence-corrected chi connectivity index (χ3v) is 3.91. The molecule has 1 fully saturated rings. The van der Waals surface area contributed by atoms with Gasteiger partial charge in [0.1, 0.15) is 0 Å². The van der Waals surface area contributed by atoms with Crippen molar-refractivity contribution in [2.45, 2.75) is 26.2 Å². The minimum atomic E-state index is -1.05. The van der Waals surface area contributed by atoms with E-state index in [-0.39, 0.29) is 5.69 Å². The van der Waals surface area contributed by atoms with Crippen molar-refractivity contribution in [3.05, 3.63) is 18.1 Å². The monoisotopic (exact) mass is 278 g/mol. The Kier molecular flexibility index (Phi) is 5.29. The van der Waals surface area contributed by atoms with Crippen molar-refractivity contribution in [2.75, 3.05) is 31.5 Å². The highest BCUT2D eigenvalue weighted by Crippen LogP contribution is 2.19. The first kappa shape index (κ1) is 14.7. The fraction of sp³-hybridized carbons (Fsp3) is 0.643. The van der Waals surface area contributed by atoms with Gasteiger partial charge in [0.2, 0.25) is 0 Å². The van der Waals surface area contributed by atoms with Crippen LogP contribution >= 0.6 is 0 Å². The molecule has 110 valence electrons. The van der Waals surface area contributed by atoms with Gasteiger partial charge in [-0.3, -0.25) is 0 Å². The molecule has 0 bridgehead atoms. The minimum Gasteiger partial charge on any atom is -0.476 e. The number of hydrogen-bond acceptors (Lipinski definition) is 5. The summed E-state index contributed by atoms with van der Waals surface area (Å²) in [6, 6.07) is 0. The average Bonchev–Trinajstić information content (AvgIpc) is 2.48. The van der Waals surface area contributed by atoms with E-state index in [1.165, 1.54) is 31.7 Å². The van der Waals surface area contributed by atoms with Gasteiger partial charge in [-0.15, -0.1) is 0 Å². The fourth-order valence-electron chi connectivity index (χ4n) is 2.57. The number of carbonyl (C=O) groups is 1. The summed E-state index contributed by atoms with van der Waals surface area (Å²) in [7, 11) is 0. The molecular formula is C14H22N4O2. The zero-order valence-corrected chi connectivity index (χ0v) is 11.9. The van der Waals surface area contributed by atoms with E-state index in [4.69, 9.17) is 5.11 Å². The van der Waals surface area contributed by atoms with Crippen LogP contribution < -0.4 is 5.32 Å². The summed E-state index contributed by atoms with van der Waals surface area (Å²) >= 11 is 0. The zero-order valence-electron chi connectivity index (χ0n) is 11.9. The van der Waals surface area contributed by atoms with Crippen LogP contribution in [0.1, 0.15) is 36.7 Å². The third-order valence-electron chi connectivity index (χ3n) is 3.91. The predicted molar refractivity (Wildman–Crippen MR) is 76.9 cm³/mol. The molecule has 2 heterocycles. The van der Waals surface area contributed by atoms with E-state index in [9.17, 15) is 4.79 Å². The molecule has 0 radical (unpaired) electrons. The number of rotatable bonds is 6. The maximum atomic E-state index is 11.0. The lowest BCUT2D eigenvalue weighted by Crippen LogP contribution is -2.36. The molecule has 2 N–H and O–H groups in total. The number of nitrogens with one attached hydrogen (secondary N) is 1. The van der Waals surface area contributed by atoms with E-state index in [0.29, 0.717) is 12.4 Å². The Morgan fingerprint density at radius 3 is 2.75 bits per heavy atom. The summed E-state index contributed by atoms with van der Waals surface area (Å²) in [5, 5.41) is 12.1. The van der Waals surface area contributed by atoms with Gasteiger partial charge in [-0.25, -0.2) is 14.8 Å². The topological polar surface area (TPSA) is 78.3 Å². The highest BCUT2D eigenvalue weighted by atomic mass is 16.4. The van der Waals surface area contributed by atoms with Crippen molar-refractivity contribution in [3.8, 4) is 0 Å². The summed E-state index contributed by atoms with van der Waals surface area (Å²) in [6.07, 6.45) is 6.70. The summed E-state index contributed by atoms with van der Waals surface area (Å²) < 4.78 is 0. The molecule has 0 aliphatic carbocycles. The van der Waals surface area contributed by atoms with Crippen molar-refractivity contribution in [1.82, 2.24) is 14.9 Å². The van der Waals surface area contributed by atoms with Gasteiger partial charge < -0.3 is 15.3 Å². The Bertz CT molecular complexity index is 445. The number of piperidine rings is 1. The number of aromatic carboxylic acids is 1. The first-order valence-corrected chi connectivity index (χ1v) is 7.21. The van der Waals surface area contributed by atoms with Gasteiger partial charge in [-0.2, -0.15) is 0 Å². The summed E-state index contributed by atoms with van der Waals surface area (Å²) in [5.41, 5.74) is -0.0165. The maximum Gasteiger partial charge on any atom is 0.358 e. The van der Waals surface area contributed by atoms with Crippen molar-refractivity contribution < 1.29 is 9.90 Å². The number of likely N-dealkylation sites (tertiary alicyclic amines) is 1. The second-order valence-corrected chi connectivity index (χ2v) is 5.18. The Morgan fingerprint density at radius 1 is 1.40 bits per heavy atom. The van der Waals surface area contributed by atoms with Gasteiger partial charge in [0.25, 0.3) is 0 Å². The SMILES string of the molecule is CCC1CCN(CCNc2nccnc2C(=O)O)CC1. The van der Waals surface area contributed by atoms with Crippen LogP contribution in [0.2, 0.25) is 0 Å². The highest BCUT2D eigenvalue weighted by Gasteiger charge is 2.17. The van der Waals surface area contributed by atoms with Crippen LogP contribution in [-0.2, 0) is 0 Å². The summed E-state index contributed by atoms with van der Waals surface area (Å²) in [4.78, 5) is 21.3. The second-order valence-electron chi connectivity index (χ2n) is 5.18. The number of carboxylic acid groups (broad SMARTS) is 1. The lowest BCUT2D eigenvalue weighted by molar-refractivity contribution is 0.0691. The molecule has 0 unspecified atom stereocenters. The van der Waals surface area contributed by atoms with E-state index in [2.05, 4.69) is 27.1 Å². The predicted octanol–water partition coefficient (Wildman–Crippen LogP) is 1.71. The molecular weight excluding hydrogens is 256 g/mol. The van der Waals surface area contributed by atoms with E-state index in [1.54, 1.807) is 0 Å². The molecule has 0 spiro atoms. The average molecular weight is 278 g/mol. The van der Waals surface area contributed by atoms with E-state index >= 15 is 0 Å². The van der Waals surface area contributed by atoms with Gasteiger partial charge in [-0.05, 0) is 31.8 Å². The maximum absolute atomic E-state index is 11.0. The standard InChI is InChI=1S/C14H22N4O2/c1-2-11-3-8-18(9-4-11)10-7-17-13-12(14(19)20)15-5-6-16-13/h5-6,11H,2-4,7-10H2,1H3,(H,16,17)(H,19,20). The molecule has 1 saturated heterocycles. The van der Waals surface area contributed by atoms with Crippen LogP contribution in [0.3, 0.4) is 0 Å². The molecule has 6 heteroatoms. The van der Waals surface area contributed by atoms with Crippen LogP contribution in [0.25, 0.3) is 0 Å². The van der Waals surface area contributed by atoms with Crippen LogP contribution in [0.15, 0.2) is 12.4 Å². The van der Waals surface area contributed by atoms with Gasteiger partial charge in [0.05, 0.1) is 0 Å². The number of hydrogen-bond donors (Lipinski definition) is 2. The van der Waals surface area contributed by atoms with E-state index in [0.717, 1.165) is 25.6 Å². The van der Waals surface area contributed by atoms with Gasteiger partial charge in [0.15, 0.2) is 11.5 Å². The molecule has 1 aromatic heterocycles. The number of carboxylic acids is 1. The molecule has 6 nitrogen and oxygen atoms in total. The second kappa shape index (κ2) is 7.19. The molecule has 0 saturated carbocycles. The largest absolute Gasteiger partial charge is 0.476 e. The summed E-state index contributed by atoms with van der Waals surface area (Å²) in [5.74, 6) is 0.172. The molecule has 0 amide bonds. The van der Waals surface area contributed by atoms with Crippen molar-refractivity contribution in [1.29, 1.82) is 0 Å². The highest BCUT2D eigenvalue weighted by molar-refractivity contribution is 5.90. The van der Waals surface area contributed by atoms with E-state index < -0.39 is 5.97 Å². The van der Waals surface area contributed by atoms with E-state index in [1.807, 2.05) is 0 Å². The Hall–Kier alpha value is -1.69. The Morgan fingerprint density at radius 2 is 2.10 bits per heavy atom. The zero-order chi connectivity index (χ0) is 14.4. The molecule has 0 atom stereocenters. The lowest BCUT2D eigenvalue weighted by atomic mass is 9.94. The Balaban J connectivity index is 1.78. The van der Waals surface area contributed by atoms with Crippen LogP contribution in [0.4, 0.5) is 5.82 Å². The number of aromatic nitrogens is 2. The molecule has 20 heavy (non-hydrogen) atoms. The number of nitrogens with zero attached hydrogens (tertiary/aromatic N) is 3. The van der Waals surface area contributed by atoms with Gasteiger partial charge >= 0.3 is 5.97 Å². The van der Waals surface area contributed by atoms with Crippen molar-refractivity contribution in [2.24, 2.45) is 5.92 Å². The summed E-state index contributed by atoms with van der Waals surface area (Å²) in [6.45, 7) is 6.12. The third kappa shape index (κ3) is 3.90. The normalized spacial score (nSPS) is 17.1. The number of anilines is 1. The van der Waals surface area contributed by atoms with Crippen molar-refractivity contribution >= 4 is 11.8 Å². The molecule has 1 aromatic rings. The smallest absolute Gasteiger partial charge is 0.358 e. The van der Waals surface area contributed by atoms with Crippen LogP contribution in [0, 0.1) is 5.92 Å². The van der Waals surface area contributed by atoms with Gasteiger partial charge in [0, 0.05) is 25.5 Å². The van der Waals surface area contributed by atoms with Crippen molar-refractivity contribution in [3.63, 3.8) is 0 Å². The lowest BCUT2D eigenvalue weighted by Gasteiger charge is -2.31.